The number of amides is 1. The van der Waals surface area contributed by atoms with Gasteiger partial charge in [0.2, 0.25) is 5.91 Å². The van der Waals surface area contributed by atoms with Gasteiger partial charge in [0.25, 0.3) is 0 Å². The fraction of sp³-hybridized carbons (Fsp3) is 0.316. The molecule has 1 unspecified atom stereocenters. The summed E-state index contributed by atoms with van der Waals surface area (Å²) in [4.78, 5) is 16.5. The van der Waals surface area contributed by atoms with Crippen molar-refractivity contribution in [3.8, 4) is 0 Å². The molecule has 0 radical (unpaired) electrons. The largest absolute Gasteiger partial charge is 0.314 e. The highest BCUT2D eigenvalue weighted by Gasteiger charge is 2.36. The van der Waals surface area contributed by atoms with Crippen LogP contribution in [0.4, 0.5) is 5.69 Å². The first-order valence-corrected chi connectivity index (χ1v) is 8.22. The molecule has 2 aliphatic rings. The molecule has 120 valence electrons. The average Bonchev–Trinajstić information content (AvgIpc) is 2.64. The summed E-state index contributed by atoms with van der Waals surface area (Å²) in [6.07, 6.45) is 7.02. The Morgan fingerprint density at radius 2 is 2.17 bits per heavy atom. The molecule has 3 rings (SSSR count). The number of fused-ring (bicyclic) bond motifs is 3. The van der Waals surface area contributed by atoms with Crippen LogP contribution in [0.1, 0.15) is 24.9 Å². The van der Waals surface area contributed by atoms with Gasteiger partial charge in [-0.25, -0.2) is 0 Å². The average molecular weight is 329 g/mol. The molecule has 0 aliphatic carbocycles. The zero-order valence-corrected chi connectivity index (χ0v) is 14.3. The summed E-state index contributed by atoms with van der Waals surface area (Å²) in [6.45, 7) is 7.24. The molecule has 0 saturated carbocycles. The number of hydrogen-bond donors (Lipinski definition) is 0. The van der Waals surface area contributed by atoms with Gasteiger partial charge in [-0.2, -0.15) is 0 Å². The fourth-order valence-corrected chi connectivity index (χ4v) is 3.69. The van der Waals surface area contributed by atoms with E-state index in [1.165, 1.54) is 11.1 Å². The molecule has 0 aromatic heterocycles. The Balaban J connectivity index is 2.26. The van der Waals surface area contributed by atoms with Crippen molar-refractivity contribution in [3.63, 3.8) is 0 Å². The quantitative estimate of drug-likeness (QED) is 0.815. The second-order valence-electron chi connectivity index (χ2n) is 5.96. The number of nitrogens with zero attached hydrogens (tertiary/aromatic N) is 2. The molecule has 4 heteroatoms. The number of hydrogen-bond acceptors (Lipinski definition) is 2. The summed E-state index contributed by atoms with van der Waals surface area (Å²) in [5, 5.41) is 0.692. The van der Waals surface area contributed by atoms with E-state index in [2.05, 4.69) is 17.6 Å². The third-order valence-corrected chi connectivity index (χ3v) is 4.88. The predicted octanol–water partition coefficient (Wildman–Crippen LogP) is 4.12. The number of benzene rings is 1. The molecular formula is C19H21ClN2O. The lowest BCUT2D eigenvalue weighted by Crippen LogP contribution is -2.39. The molecule has 0 N–H and O–H groups in total. The molecule has 1 amide bonds. The van der Waals surface area contributed by atoms with Crippen molar-refractivity contribution < 1.29 is 4.79 Å². The van der Waals surface area contributed by atoms with Crippen molar-refractivity contribution in [2.24, 2.45) is 0 Å². The van der Waals surface area contributed by atoms with E-state index in [0.29, 0.717) is 11.6 Å². The van der Waals surface area contributed by atoms with Gasteiger partial charge in [-0.3, -0.25) is 9.69 Å². The number of allylic oxidation sites excluding steroid dienone is 2. The number of carbonyl (C=O) groups excluding carboxylic acids is 1. The van der Waals surface area contributed by atoms with E-state index in [0.717, 1.165) is 24.2 Å². The summed E-state index contributed by atoms with van der Waals surface area (Å²) in [5.41, 5.74) is 4.46. The number of carbonyl (C=O) groups is 1. The van der Waals surface area contributed by atoms with Crippen LogP contribution in [0.3, 0.4) is 0 Å². The third-order valence-electron chi connectivity index (χ3n) is 4.65. The number of rotatable bonds is 2. The third kappa shape index (κ3) is 2.75. The van der Waals surface area contributed by atoms with Crippen molar-refractivity contribution in [2.75, 3.05) is 25.0 Å². The maximum Gasteiger partial charge on any atom is 0.240 e. The molecule has 2 heterocycles. The number of likely N-dealkylation sites (N-methyl/N-ethyl adjacent to an activating group) is 1. The van der Waals surface area contributed by atoms with Crippen LogP contribution in [0.15, 0.2) is 54.2 Å². The fourth-order valence-electron chi connectivity index (χ4n) is 3.51. The van der Waals surface area contributed by atoms with Gasteiger partial charge in [0.1, 0.15) is 0 Å². The second-order valence-corrected chi connectivity index (χ2v) is 6.40. The monoisotopic (exact) mass is 328 g/mol. The Morgan fingerprint density at radius 1 is 1.39 bits per heavy atom. The van der Waals surface area contributed by atoms with E-state index in [-0.39, 0.29) is 11.9 Å². The first-order valence-electron chi connectivity index (χ1n) is 7.85. The highest BCUT2D eigenvalue weighted by atomic mass is 35.5. The van der Waals surface area contributed by atoms with Crippen LogP contribution in [0.5, 0.6) is 0 Å². The van der Waals surface area contributed by atoms with Crippen LogP contribution in [0.25, 0.3) is 0 Å². The van der Waals surface area contributed by atoms with Gasteiger partial charge in [-0.1, -0.05) is 36.4 Å². The van der Waals surface area contributed by atoms with E-state index in [1.54, 1.807) is 4.90 Å². The summed E-state index contributed by atoms with van der Waals surface area (Å²) in [5.74, 6) is 0.109. The molecular weight excluding hydrogens is 308 g/mol. The molecule has 23 heavy (non-hydrogen) atoms. The van der Waals surface area contributed by atoms with Crippen molar-refractivity contribution in [1.29, 1.82) is 0 Å². The summed E-state index contributed by atoms with van der Waals surface area (Å²) < 4.78 is 0. The maximum absolute atomic E-state index is 12.5. The Kier molecular flexibility index (Phi) is 4.42. The number of halogens is 1. The standard InChI is InChI=1S/C19H21ClN2O/c1-4-6-15-13(5-2)9-10-22-12-18(23)21(3)17-8-7-14(20)11-16(17)19(15)22/h4-8,11,19H,2,9-10,12H2,1,3H3/b6-4-. The Labute approximate surface area is 142 Å². The zero-order chi connectivity index (χ0) is 16.6. The van der Waals surface area contributed by atoms with Crippen molar-refractivity contribution in [1.82, 2.24) is 4.90 Å². The lowest BCUT2D eigenvalue weighted by atomic mass is 9.87. The molecule has 2 aliphatic heterocycles. The van der Waals surface area contributed by atoms with Crippen LogP contribution >= 0.6 is 11.6 Å². The van der Waals surface area contributed by atoms with Crippen LogP contribution in [-0.2, 0) is 4.79 Å². The Bertz CT molecular complexity index is 720. The Hall–Kier alpha value is -1.84. The predicted molar refractivity (Wildman–Crippen MR) is 95.8 cm³/mol. The highest BCUT2D eigenvalue weighted by Crippen LogP contribution is 2.43. The minimum absolute atomic E-state index is 0.0375. The van der Waals surface area contributed by atoms with E-state index in [9.17, 15) is 4.79 Å². The molecule has 0 fully saturated rings. The van der Waals surface area contributed by atoms with Crippen LogP contribution in [0.2, 0.25) is 5.02 Å². The van der Waals surface area contributed by atoms with Gasteiger partial charge in [-0.05, 0) is 48.3 Å². The van der Waals surface area contributed by atoms with E-state index >= 15 is 0 Å². The van der Waals surface area contributed by atoms with Crippen molar-refractivity contribution in [3.05, 3.63) is 64.7 Å². The summed E-state index contributed by atoms with van der Waals surface area (Å²) >= 11 is 6.26. The van der Waals surface area contributed by atoms with E-state index < -0.39 is 0 Å². The van der Waals surface area contributed by atoms with Gasteiger partial charge in [0.15, 0.2) is 0 Å². The number of anilines is 1. The second kappa shape index (κ2) is 6.34. The van der Waals surface area contributed by atoms with Gasteiger partial charge >= 0.3 is 0 Å². The van der Waals surface area contributed by atoms with Gasteiger partial charge in [-0.15, -0.1) is 0 Å². The van der Waals surface area contributed by atoms with Crippen LogP contribution in [-0.4, -0.2) is 30.9 Å². The molecule has 0 spiro atoms. The summed E-state index contributed by atoms with van der Waals surface area (Å²) in [7, 11) is 1.83. The molecule has 1 atom stereocenters. The van der Waals surface area contributed by atoms with Crippen molar-refractivity contribution >= 4 is 23.2 Å². The van der Waals surface area contributed by atoms with Crippen LogP contribution < -0.4 is 4.90 Å². The topological polar surface area (TPSA) is 23.6 Å². The lowest BCUT2D eigenvalue weighted by Gasteiger charge is -2.36. The van der Waals surface area contributed by atoms with E-state index in [4.69, 9.17) is 11.6 Å². The zero-order valence-electron chi connectivity index (χ0n) is 13.6. The maximum atomic E-state index is 12.5. The normalized spacial score (nSPS) is 22.1. The molecule has 0 bridgehead atoms. The molecule has 1 aromatic rings. The van der Waals surface area contributed by atoms with Gasteiger partial charge in [0, 0.05) is 24.3 Å². The van der Waals surface area contributed by atoms with Gasteiger partial charge in [0.05, 0.1) is 12.6 Å². The smallest absolute Gasteiger partial charge is 0.240 e. The molecule has 0 saturated heterocycles. The minimum atomic E-state index is 0.0375. The SMILES string of the molecule is C=CC1=C(/C=C\C)C2c3cc(Cl)ccc3N(C)C(=O)CN2CC1. The Morgan fingerprint density at radius 3 is 2.87 bits per heavy atom. The first kappa shape index (κ1) is 16.0. The van der Waals surface area contributed by atoms with Gasteiger partial charge < -0.3 is 4.90 Å². The van der Waals surface area contributed by atoms with E-state index in [1.807, 2.05) is 44.3 Å². The molecule has 3 nitrogen and oxygen atoms in total. The first-order chi connectivity index (χ1) is 11.1. The minimum Gasteiger partial charge on any atom is -0.314 e. The van der Waals surface area contributed by atoms with Crippen molar-refractivity contribution in [2.45, 2.75) is 19.4 Å². The van der Waals surface area contributed by atoms with Crippen LogP contribution in [0, 0.1) is 0 Å². The molecule has 1 aromatic carbocycles. The lowest BCUT2D eigenvalue weighted by molar-refractivity contribution is -0.119. The summed E-state index contributed by atoms with van der Waals surface area (Å²) in [6, 6.07) is 5.81. The highest BCUT2D eigenvalue weighted by molar-refractivity contribution is 6.30.